The third kappa shape index (κ3) is 4.29. The van der Waals surface area contributed by atoms with E-state index < -0.39 is 25.5 Å². The normalized spacial score (nSPS) is 11.3. The first kappa shape index (κ1) is 20.5. The fourth-order valence-corrected chi connectivity index (χ4v) is 3.74. The van der Waals surface area contributed by atoms with E-state index >= 15 is 0 Å². The Morgan fingerprint density at radius 3 is 2.15 bits per heavy atom. The fourth-order valence-electron chi connectivity index (χ4n) is 2.46. The van der Waals surface area contributed by atoms with Gasteiger partial charge in [0.1, 0.15) is 17.2 Å². The van der Waals surface area contributed by atoms with Crippen molar-refractivity contribution in [2.45, 2.75) is 11.4 Å². The number of hydrogen-bond donors (Lipinski definition) is 0. The maximum Gasteiger partial charge on any atom is 0.293 e. The smallest absolute Gasteiger partial charge is 0.293 e. The molecular formula is C17H20N2O7S. The lowest BCUT2D eigenvalue weighted by Crippen LogP contribution is -2.27. The van der Waals surface area contributed by atoms with Crippen molar-refractivity contribution in [2.24, 2.45) is 0 Å². The quantitative estimate of drug-likeness (QED) is 0.498. The molecular weight excluding hydrogens is 376 g/mol. The number of rotatable bonds is 8. The fraction of sp³-hybridized carbons (Fsp3) is 0.294. The minimum atomic E-state index is -4.13. The molecule has 146 valence electrons. The number of nitro groups is 1. The summed E-state index contributed by atoms with van der Waals surface area (Å²) in [5.41, 5.74) is 0.0310. The van der Waals surface area contributed by atoms with Gasteiger partial charge < -0.3 is 14.2 Å². The van der Waals surface area contributed by atoms with Crippen LogP contribution >= 0.6 is 0 Å². The van der Waals surface area contributed by atoms with E-state index in [1.807, 2.05) is 0 Å². The Bertz CT molecular complexity index is 944. The first-order valence-electron chi connectivity index (χ1n) is 7.74. The molecule has 0 heterocycles. The van der Waals surface area contributed by atoms with E-state index in [2.05, 4.69) is 0 Å². The van der Waals surface area contributed by atoms with E-state index in [0.717, 1.165) is 16.4 Å². The van der Waals surface area contributed by atoms with Crippen molar-refractivity contribution in [1.29, 1.82) is 0 Å². The van der Waals surface area contributed by atoms with Crippen LogP contribution in [0.5, 0.6) is 17.2 Å². The summed E-state index contributed by atoms with van der Waals surface area (Å²) >= 11 is 0. The summed E-state index contributed by atoms with van der Waals surface area (Å²) in [6.45, 7) is -0.0430. The number of methoxy groups -OCH3 is 3. The number of nitro benzene ring substituents is 1. The number of hydrogen-bond acceptors (Lipinski definition) is 7. The summed E-state index contributed by atoms with van der Waals surface area (Å²) in [5.74, 6) is 1.20. The standard InChI is InChI=1S/C17H20N2O7S/c1-18(11-12-5-6-14(25-3)10-16(12)26-4)27(22,23)17-8-7-13(24-2)9-15(17)19(20)21/h5-10H,11H2,1-4H3. The van der Waals surface area contributed by atoms with Crippen molar-refractivity contribution in [3.8, 4) is 17.2 Å². The van der Waals surface area contributed by atoms with Crippen LogP contribution in [0.25, 0.3) is 0 Å². The SMILES string of the molecule is COc1ccc(CN(C)S(=O)(=O)c2ccc(OC)cc2[N+](=O)[O-])c(OC)c1. The van der Waals surface area contributed by atoms with Gasteiger partial charge in [0.05, 0.1) is 32.3 Å². The second-order valence-corrected chi connectivity index (χ2v) is 7.54. The van der Waals surface area contributed by atoms with Gasteiger partial charge in [-0.1, -0.05) is 6.07 Å². The van der Waals surface area contributed by atoms with Gasteiger partial charge in [0.15, 0.2) is 4.90 Å². The minimum Gasteiger partial charge on any atom is -0.497 e. The van der Waals surface area contributed by atoms with Gasteiger partial charge in [-0.25, -0.2) is 8.42 Å². The lowest BCUT2D eigenvalue weighted by Gasteiger charge is -2.19. The van der Waals surface area contributed by atoms with Gasteiger partial charge in [-0.05, 0) is 18.2 Å². The molecule has 0 bridgehead atoms. The van der Waals surface area contributed by atoms with E-state index in [4.69, 9.17) is 14.2 Å². The van der Waals surface area contributed by atoms with Crippen molar-refractivity contribution in [1.82, 2.24) is 4.31 Å². The van der Waals surface area contributed by atoms with Crippen molar-refractivity contribution < 1.29 is 27.6 Å². The van der Waals surface area contributed by atoms with Gasteiger partial charge >= 0.3 is 0 Å². The zero-order chi connectivity index (χ0) is 20.2. The van der Waals surface area contributed by atoms with Crippen LogP contribution in [0, 0.1) is 10.1 Å². The second-order valence-electron chi connectivity index (χ2n) is 5.53. The molecule has 10 heteroatoms. The Hall–Kier alpha value is -2.85. The Morgan fingerprint density at radius 1 is 1.00 bits per heavy atom. The monoisotopic (exact) mass is 396 g/mol. The van der Waals surface area contributed by atoms with Crippen LogP contribution in [-0.2, 0) is 16.6 Å². The molecule has 27 heavy (non-hydrogen) atoms. The summed E-state index contributed by atoms with van der Waals surface area (Å²) in [6, 6.07) is 8.58. The lowest BCUT2D eigenvalue weighted by atomic mass is 10.2. The highest BCUT2D eigenvalue weighted by Gasteiger charge is 2.30. The topological polar surface area (TPSA) is 108 Å². The van der Waals surface area contributed by atoms with Gasteiger partial charge in [-0.2, -0.15) is 4.31 Å². The van der Waals surface area contributed by atoms with Crippen LogP contribution in [0.2, 0.25) is 0 Å². The molecule has 0 radical (unpaired) electrons. The van der Waals surface area contributed by atoms with E-state index in [0.29, 0.717) is 17.1 Å². The highest BCUT2D eigenvalue weighted by Crippen LogP contribution is 2.32. The van der Waals surface area contributed by atoms with E-state index in [-0.39, 0.29) is 12.3 Å². The Kier molecular flexibility index (Phi) is 6.24. The molecule has 0 amide bonds. The highest BCUT2D eigenvalue weighted by molar-refractivity contribution is 7.89. The van der Waals surface area contributed by atoms with Gasteiger partial charge in [0, 0.05) is 25.2 Å². The zero-order valence-corrected chi connectivity index (χ0v) is 16.1. The minimum absolute atomic E-state index is 0.0430. The summed E-state index contributed by atoms with van der Waals surface area (Å²) in [7, 11) is 1.52. The van der Waals surface area contributed by atoms with Gasteiger partial charge in [-0.15, -0.1) is 0 Å². The molecule has 0 aliphatic carbocycles. The van der Waals surface area contributed by atoms with Crippen molar-refractivity contribution in [3.05, 3.63) is 52.1 Å². The molecule has 0 aromatic heterocycles. The van der Waals surface area contributed by atoms with Crippen molar-refractivity contribution in [3.63, 3.8) is 0 Å². The van der Waals surface area contributed by atoms with Crippen LogP contribution in [-0.4, -0.2) is 46.0 Å². The molecule has 0 unspecified atom stereocenters. The molecule has 2 aromatic carbocycles. The Balaban J connectivity index is 2.41. The van der Waals surface area contributed by atoms with Gasteiger partial charge in [0.25, 0.3) is 5.69 Å². The molecule has 2 aromatic rings. The van der Waals surface area contributed by atoms with Crippen LogP contribution in [0.15, 0.2) is 41.3 Å². The maximum absolute atomic E-state index is 12.9. The van der Waals surface area contributed by atoms with Crippen molar-refractivity contribution in [2.75, 3.05) is 28.4 Å². The summed E-state index contributed by atoms with van der Waals surface area (Å²) in [4.78, 5) is 10.2. The van der Waals surface area contributed by atoms with E-state index in [1.165, 1.54) is 34.4 Å². The van der Waals surface area contributed by atoms with E-state index in [9.17, 15) is 18.5 Å². The highest BCUT2D eigenvalue weighted by atomic mass is 32.2. The Labute approximate surface area is 157 Å². The first-order valence-corrected chi connectivity index (χ1v) is 9.18. The lowest BCUT2D eigenvalue weighted by molar-refractivity contribution is -0.387. The van der Waals surface area contributed by atoms with Crippen molar-refractivity contribution >= 4 is 15.7 Å². The van der Waals surface area contributed by atoms with Gasteiger partial charge in [0.2, 0.25) is 10.0 Å². The first-order chi connectivity index (χ1) is 12.7. The van der Waals surface area contributed by atoms with Crippen LogP contribution < -0.4 is 14.2 Å². The molecule has 0 aliphatic heterocycles. The summed E-state index contributed by atoms with van der Waals surface area (Å²) in [5, 5.41) is 11.3. The number of benzene rings is 2. The predicted octanol–water partition coefficient (Wildman–Crippen LogP) is 2.44. The summed E-state index contributed by atoms with van der Waals surface area (Å²) in [6.07, 6.45) is 0. The van der Waals surface area contributed by atoms with E-state index in [1.54, 1.807) is 18.2 Å². The largest absolute Gasteiger partial charge is 0.497 e. The molecule has 0 saturated carbocycles. The zero-order valence-electron chi connectivity index (χ0n) is 15.3. The third-order valence-electron chi connectivity index (χ3n) is 3.94. The average Bonchev–Trinajstić information content (AvgIpc) is 2.67. The molecule has 0 aliphatic rings. The van der Waals surface area contributed by atoms with Gasteiger partial charge in [-0.3, -0.25) is 10.1 Å². The predicted molar refractivity (Wildman–Crippen MR) is 97.8 cm³/mol. The summed E-state index contributed by atoms with van der Waals surface area (Å²) < 4.78 is 42.1. The molecule has 0 N–H and O–H groups in total. The molecule has 0 spiro atoms. The molecule has 2 rings (SSSR count). The van der Waals surface area contributed by atoms with Crippen LogP contribution in [0.4, 0.5) is 5.69 Å². The second kappa shape index (κ2) is 8.23. The third-order valence-corrected chi connectivity index (χ3v) is 5.79. The maximum atomic E-state index is 12.9. The molecule has 9 nitrogen and oxygen atoms in total. The molecule has 0 atom stereocenters. The van der Waals surface area contributed by atoms with Crippen LogP contribution in [0.1, 0.15) is 5.56 Å². The molecule has 0 fully saturated rings. The van der Waals surface area contributed by atoms with Crippen LogP contribution in [0.3, 0.4) is 0 Å². The number of sulfonamides is 1. The number of nitrogens with zero attached hydrogens (tertiary/aromatic N) is 2. The Morgan fingerprint density at radius 2 is 1.59 bits per heavy atom. The number of ether oxygens (including phenoxy) is 3. The average molecular weight is 396 g/mol. The molecule has 0 saturated heterocycles.